The summed E-state index contributed by atoms with van der Waals surface area (Å²) in [6, 6.07) is 6.45. The third-order valence-corrected chi connectivity index (χ3v) is 3.25. The van der Waals surface area contributed by atoms with Crippen molar-refractivity contribution in [3.8, 4) is 11.5 Å². The molecule has 0 unspecified atom stereocenters. The van der Waals surface area contributed by atoms with Gasteiger partial charge in [0.1, 0.15) is 18.2 Å². The molecule has 0 amide bonds. The van der Waals surface area contributed by atoms with Gasteiger partial charge in [0.25, 0.3) is 0 Å². The van der Waals surface area contributed by atoms with E-state index < -0.39 is 0 Å². The summed E-state index contributed by atoms with van der Waals surface area (Å²) in [4.78, 5) is 4.54. The first-order valence-electron chi connectivity index (χ1n) is 6.25. The first kappa shape index (κ1) is 19.6. The molecule has 1 aromatic carbocycles. The molecular weight excluding hydrogens is 461 g/mol. The van der Waals surface area contributed by atoms with Gasteiger partial charge in [-0.15, -0.1) is 0 Å². The maximum atomic E-state index is 5.44. The van der Waals surface area contributed by atoms with Crippen LogP contribution in [-0.2, 0) is 22.4 Å². The van der Waals surface area contributed by atoms with Crippen LogP contribution in [0.3, 0.4) is 0 Å². The fraction of sp³-hybridized carbons (Fsp3) is 0.500. The number of nitrogens with zero attached hydrogens (tertiary/aromatic N) is 2. The van der Waals surface area contributed by atoms with Crippen LogP contribution in [0.5, 0.6) is 11.5 Å². The van der Waals surface area contributed by atoms with E-state index in [0.717, 1.165) is 30.3 Å². The van der Waals surface area contributed by atoms with Crippen LogP contribution in [0, 0.1) is 6.67 Å². The van der Waals surface area contributed by atoms with E-state index >= 15 is 0 Å². The minimum absolute atomic E-state index is 0. The maximum Gasteiger partial charge on any atom is 1.00 e. The van der Waals surface area contributed by atoms with Crippen molar-refractivity contribution in [2.24, 2.45) is 0 Å². The van der Waals surface area contributed by atoms with E-state index in [0.29, 0.717) is 6.04 Å². The Morgan fingerprint density at radius 1 is 1.15 bits per heavy atom. The van der Waals surface area contributed by atoms with Crippen molar-refractivity contribution < 1.29 is 45.7 Å². The number of anilines is 1. The predicted octanol–water partition coefficient (Wildman–Crippen LogP) is -0.399. The smallest absolute Gasteiger partial charge is 1.00 e. The Hall–Kier alpha value is -0.390. The van der Waals surface area contributed by atoms with Gasteiger partial charge < -0.3 is 26.8 Å². The van der Waals surface area contributed by atoms with Gasteiger partial charge in [-0.3, -0.25) is 4.90 Å². The van der Waals surface area contributed by atoms with Crippen LogP contribution < -0.4 is 26.8 Å². The Morgan fingerprint density at radius 3 is 2.35 bits per heavy atom. The molecule has 0 N–H and O–H groups in total. The molecule has 1 radical (unpaired) electrons. The van der Waals surface area contributed by atoms with Crippen LogP contribution in [0.2, 0.25) is 0 Å². The molecule has 1 saturated heterocycles. The van der Waals surface area contributed by atoms with E-state index in [1.165, 1.54) is 0 Å². The van der Waals surface area contributed by atoms with Crippen LogP contribution in [0.1, 0.15) is 15.3 Å². The van der Waals surface area contributed by atoms with Crippen molar-refractivity contribution >= 4 is 5.69 Å². The van der Waals surface area contributed by atoms with Crippen LogP contribution in [-0.4, -0.2) is 38.3 Å². The molecule has 1 aliphatic rings. The van der Waals surface area contributed by atoms with Gasteiger partial charge in [0.05, 0.1) is 19.9 Å². The molecule has 6 heteroatoms. The summed E-state index contributed by atoms with van der Waals surface area (Å²) >= 11 is 0. The summed E-state index contributed by atoms with van der Waals surface area (Å²) in [7, 11) is 3.35. The Kier molecular flexibility index (Phi) is 8.63. The van der Waals surface area contributed by atoms with Gasteiger partial charge in [-0.1, -0.05) is 0 Å². The molecule has 0 saturated carbocycles. The number of ether oxygens (including phenoxy) is 2. The van der Waals surface area contributed by atoms with Crippen molar-refractivity contribution in [1.29, 1.82) is 0 Å². The molecule has 2 rings (SSSR count). The summed E-state index contributed by atoms with van der Waals surface area (Å²) < 4.78 is 10.7. The molecule has 4 nitrogen and oxygen atoms in total. The van der Waals surface area contributed by atoms with Gasteiger partial charge >= 0.3 is 22.4 Å². The standard InChI is InChI=1S/C14H21N2O2.Au.ClH.H2/c1-11(2)15-7-8-16(10-15)13-6-5-12(17-3)9-14(13)18-4;;;/h5-6,9-11H,7-8H2,1-4H3;;2*1H/q;+1;;/p-1. The molecule has 0 aliphatic carbocycles. The first-order chi connectivity index (χ1) is 8.65. The second-order valence-corrected chi connectivity index (χ2v) is 4.68. The second-order valence-electron chi connectivity index (χ2n) is 4.68. The van der Waals surface area contributed by atoms with Gasteiger partial charge in [0.2, 0.25) is 0 Å². The number of halogens is 1. The third-order valence-electron chi connectivity index (χ3n) is 3.25. The van der Waals surface area contributed by atoms with Crippen LogP contribution in [0.4, 0.5) is 5.69 Å². The molecule has 1 fully saturated rings. The van der Waals surface area contributed by atoms with Gasteiger partial charge in [-0.25, -0.2) is 0 Å². The Labute approximate surface area is 144 Å². The van der Waals surface area contributed by atoms with E-state index in [1.54, 1.807) is 14.2 Å². The van der Waals surface area contributed by atoms with E-state index in [9.17, 15) is 0 Å². The molecule has 0 bridgehead atoms. The average Bonchev–Trinajstić information content (AvgIpc) is 2.87. The number of methoxy groups -OCH3 is 2. The Balaban J connectivity index is 0. The summed E-state index contributed by atoms with van der Waals surface area (Å²) in [6.45, 7) is 8.60. The molecule has 0 atom stereocenters. The minimum Gasteiger partial charge on any atom is -1.00 e. The SMILES string of the molecule is COc1ccc(N2[CH]N(C(C)C)CC2)c(OC)c1.[Au+].[Cl-].[HH]. The number of benzene rings is 1. The number of hydrogen-bond donors (Lipinski definition) is 0. The zero-order chi connectivity index (χ0) is 13.1. The van der Waals surface area contributed by atoms with Crippen LogP contribution >= 0.6 is 0 Å². The summed E-state index contributed by atoms with van der Waals surface area (Å²) in [5, 5.41) is 0. The fourth-order valence-corrected chi connectivity index (χ4v) is 2.11. The average molecular weight is 484 g/mol. The Morgan fingerprint density at radius 2 is 1.85 bits per heavy atom. The van der Waals surface area contributed by atoms with Crippen molar-refractivity contribution in [3.63, 3.8) is 0 Å². The van der Waals surface area contributed by atoms with E-state index in [2.05, 4.69) is 30.3 Å². The fourth-order valence-electron chi connectivity index (χ4n) is 2.11. The summed E-state index contributed by atoms with van der Waals surface area (Å²) in [6.07, 6.45) is 0. The zero-order valence-electron chi connectivity index (χ0n) is 12.2. The minimum atomic E-state index is 0. The quantitative estimate of drug-likeness (QED) is 0.545. The van der Waals surface area contributed by atoms with Crippen LogP contribution in [0.15, 0.2) is 18.2 Å². The largest absolute Gasteiger partial charge is 1.00 e. The number of hydrogen-bond acceptors (Lipinski definition) is 4. The van der Waals surface area contributed by atoms with E-state index in [-0.39, 0.29) is 36.2 Å². The topological polar surface area (TPSA) is 24.9 Å². The van der Waals surface area contributed by atoms with Crippen molar-refractivity contribution in [2.75, 3.05) is 32.2 Å². The summed E-state index contributed by atoms with van der Waals surface area (Å²) in [5.74, 6) is 1.66. The van der Waals surface area contributed by atoms with Gasteiger partial charge in [0, 0.05) is 26.6 Å². The van der Waals surface area contributed by atoms with Crippen LogP contribution in [0.25, 0.3) is 0 Å². The molecule has 20 heavy (non-hydrogen) atoms. The monoisotopic (exact) mass is 483 g/mol. The molecule has 119 valence electrons. The molecule has 0 spiro atoms. The van der Waals surface area contributed by atoms with Crippen molar-refractivity contribution in [2.45, 2.75) is 19.9 Å². The molecule has 1 aliphatic heterocycles. The molecule has 0 aromatic heterocycles. The molecule has 1 aromatic rings. The van der Waals surface area contributed by atoms with Gasteiger partial charge in [0.15, 0.2) is 0 Å². The van der Waals surface area contributed by atoms with E-state index in [1.807, 2.05) is 18.2 Å². The van der Waals surface area contributed by atoms with Crippen molar-refractivity contribution in [3.05, 3.63) is 24.9 Å². The van der Waals surface area contributed by atoms with Crippen molar-refractivity contribution in [1.82, 2.24) is 4.90 Å². The molecular formula is C14H23AuClN2O2. The molecule has 1 heterocycles. The predicted molar refractivity (Wildman–Crippen MR) is 75.1 cm³/mol. The number of rotatable bonds is 4. The normalized spacial score (nSPS) is 14.8. The first-order valence-corrected chi connectivity index (χ1v) is 6.25. The maximum absolute atomic E-state index is 5.44. The van der Waals surface area contributed by atoms with Gasteiger partial charge in [-0.2, -0.15) is 0 Å². The zero-order valence-corrected chi connectivity index (χ0v) is 15.1. The van der Waals surface area contributed by atoms with Gasteiger partial charge in [-0.05, 0) is 26.0 Å². The third kappa shape index (κ3) is 4.30. The Bertz CT molecular complexity index is 424. The van der Waals surface area contributed by atoms with E-state index in [4.69, 9.17) is 9.47 Å². The summed E-state index contributed by atoms with van der Waals surface area (Å²) in [5.41, 5.74) is 1.08. The second kappa shape index (κ2) is 8.80.